The highest BCUT2D eigenvalue weighted by Gasteiger charge is 2.35. The molecule has 1 heterocycles. The number of aromatic hydroxyl groups is 1. The van der Waals surface area contributed by atoms with Gasteiger partial charge in [0, 0.05) is 10.6 Å². The van der Waals surface area contributed by atoms with E-state index in [1.165, 1.54) is 11.0 Å². The fourth-order valence-electron chi connectivity index (χ4n) is 2.65. The largest absolute Gasteiger partial charge is 0.508 e. The molecule has 1 amide bonds. The lowest BCUT2D eigenvalue weighted by Crippen LogP contribution is -2.28. The fraction of sp³-hybridized carbons (Fsp3) is 0.133. The van der Waals surface area contributed by atoms with E-state index in [0.29, 0.717) is 17.1 Å². The maximum absolute atomic E-state index is 11.5. The molecule has 2 N–H and O–H groups in total. The quantitative estimate of drug-likeness (QED) is 0.843. The summed E-state index contributed by atoms with van der Waals surface area (Å²) >= 11 is 5.97. The van der Waals surface area contributed by atoms with E-state index in [9.17, 15) is 15.0 Å². The number of halogens is 1. The number of benzene rings is 2. The van der Waals surface area contributed by atoms with Gasteiger partial charge in [-0.1, -0.05) is 35.9 Å². The third kappa shape index (κ3) is 1.98. The summed E-state index contributed by atoms with van der Waals surface area (Å²) in [6, 6.07) is 11.7. The minimum Gasteiger partial charge on any atom is -0.508 e. The Morgan fingerprint density at radius 2 is 1.95 bits per heavy atom. The first kappa shape index (κ1) is 12.8. The molecule has 0 spiro atoms. The molecule has 1 aliphatic rings. The van der Waals surface area contributed by atoms with Crippen LogP contribution in [-0.2, 0) is 6.54 Å². The van der Waals surface area contributed by atoms with Crippen LogP contribution in [0.15, 0.2) is 42.5 Å². The Labute approximate surface area is 120 Å². The molecule has 0 saturated heterocycles. The molecule has 0 radical (unpaired) electrons. The first-order chi connectivity index (χ1) is 9.58. The van der Waals surface area contributed by atoms with Crippen molar-refractivity contribution in [3.8, 4) is 5.75 Å². The fourth-order valence-corrected chi connectivity index (χ4v) is 2.83. The van der Waals surface area contributed by atoms with Crippen LogP contribution in [0.2, 0.25) is 5.02 Å². The Morgan fingerprint density at radius 1 is 1.20 bits per heavy atom. The van der Waals surface area contributed by atoms with Gasteiger partial charge >= 0.3 is 6.09 Å². The van der Waals surface area contributed by atoms with Gasteiger partial charge in [0.15, 0.2) is 0 Å². The van der Waals surface area contributed by atoms with Crippen molar-refractivity contribution in [3.05, 3.63) is 64.2 Å². The average Bonchev–Trinajstić information content (AvgIpc) is 2.81. The average molecular weight is 290 g/mol. The molecule has 0 bridgehead atoms. The zero-order valence-electron chi connectivity index (χ0n) is 10.5. The first-order valence-corrected chi connectivity index (χ1v) is 6.51. The van der Waals surface area contributed by atoms with Gasteiger partial charge in [-0.25, -0.2) is 4.79 Å². The molecule has 0 aromatic heterocycles. The molecule has 0 aliphatic carbocycles. The highest BCUT2D eigenvalue weighted by molar-refractivity contribution is 6.30. The Morgan fingerprint density at radius 3 is 2.70 bits per heavy atom. The standard InChI is InChI=1S/C15H12ClNO3/c16-10-5-6-13(18)12(7-10)14-11-4-2-1-3-9(11)8-17(14)15(19)20/h1-7,14,18H,8H2,(H,19,20). The van der Waals surface area contributed by atoms with Crippen LogP contribution in [0.5, 0.6) is 5.75 Å². The maximum Gasteiger partial charge on any atom is 0.408 e. The minimum absolute atomic E-state index is 0.0438. The maximum atomic E-state index is 11.5. The summed E-state index contributed by atoms with van der Waals surface area (Å²) in [5.74, 6) is 0.0438. The number of rotatable bonds is 1. The number of nitrogens with zero attached hydrogens (tertiary/aromatic N) is 1. The van der Waals surface area contributed by atoms with Gasteiger partial charge in [-0.15, -0.1) is 0 Å². The smallest absolute Gasteiger partial charge is 0.408 e. The molecular formula is C15H12ClNO3. The summed E-state index contributed by atoms with van der Waals surface area (Å²) in [4.78, 5) is 12.8. The number of amides is 1. The zero-order valence-corrected chi connectivity index (χ0v) is 11.2. The van der Waals surface area contributed by atoms with E-state index in [4.69, 9.17) is 11.6 Å². The molecule has 3 rings (SSSR count). The second kappa shape index (κ2) is 4.72. The molecule has 1 aliphatic heterocycles. The molecule has 2 aromatic rings. The Hall–Kier alpha value is -2.20. The van der Waals surface area contributed by atoms with Crippen molar-refractivity contribution >= 4 is 17.7 Å². The Balaban J connectivity index is 2.18. The lowest BCUT2D eigenvalue weighted by Gasteiger charge is -2.23. The number of carboxylic acid groups (broad SMARTS) is 1. The van der Waals surface area contributed by atoms with Gasteiger partial charge in [0.2, 0.25) is 0 Å². The number of hydrogen-bond donors (Lipinski definition) is 2. The Kier molecular flexibility index (Phi) is 3.03. The van der Waals surface area contributed by atoms with E-state index < -0.39 is 12.1 Å². The van der Waals surface area contributed by atoms with E-state index >= 15 is 0 Å². The predicted octanol–water partition coefficient (Wildman–Crippen LogP) is 3.63. The molecule has 0 saturated carbocycles. The molecule has 4 nitrogen and oxygen atoms in total. The van der Waals surface area contributed by atoms with Crippen LogP contribution in [0.1, 0.15) is 22.7 Å². The van der Waals surface area contributed by atoms with Crippen molar-refractivity contribution in [3.63, 3.8) is 0 Å². The van der Waals surface area contributed by atoms with E-state index in [1.807, 2.05) is 24.3 Å². The molecule has 20 heavy (non-hydrogen) atoms. The highest BCUT2D eigenvalue weighted by atomic mass is 35.5. The topological polar surface area (TPSA) is 60.8 Å². The van der Waals surface area contributed by atoms with Gasteiger partial charge < -0.3 is 10.2 Å². The van der Waals surface area contributed by atoms with E-state index in [1.54, 1.807) is 12.1 Å². The summed E-state index contributed by atoms with van der Waals surface area (Å²) in [7, 11) is 0. The van der Waals surface area contributed by atoms with Crippen LogP contribution in [-0.4, -0.2) is 21.2 Å². The van der Waals surface area contributed by atoms with Crippen LogP contribution in [0.25, 0.3) is 0 Å². The number of hydrogen-bond acceptors (Lipinski definition) is 2. The molecule has 102 valence electrons. The summed E-state index contributed by atoms with van der Waals surface area (Å²) in [6.45, 7) is 0.308. The van der Waals surface area contributed by atoms with Crippen molar-refractivity contribution in [2.24, 2.45) is 0 Å². The van der Waals surface area contributed by atoms with Crippen LogP contribution in [0, 0.1) is 0 Å². The van der Waals surface area contributed by atoms with Crippen LogP contribution < -0.4 is 0 Å². The van der Waals surface area contributed by atoms with Gasteiger partial charge in [0.25, 0.3) is 0 Å². The summed E-state index contributed by atoms with van der Waals surface area (Å²) in [5.41, 5.74) is 2.33. The van der Waals surface area contributed by atoms with E-state index in [0.717, 1.165) is 11.1 Å². The lowest BCUT2D eigenvalue weighted by atomic mass is 9.97. The predicted molar refractivity (Wildman–Crippen MR) is 75.0 cm³/mol. The Bertz CT molecular complexity index is 687. The van der Waals surface area contributed by atoms with Gasteiger partial charge in [0.1, 0.15) is 5.75 Å². The van der Waals surface area contributed by atoms with E-state index in [2.05, 4.69) is 0 Å². The van der Waals surface area contributed by atoms with Crippen molar-refractivity contribution in [2.75, 3.05) is 0 Å². The molecule has 2 aromatic carbocycles. The number of phenolic OH excluding ortho intramolecular Hbond substituents is 1. The zero-order chi connectivity index (χ0) is 14.3. The number of phenols is 1. The number of fused-ring (bicyclic) bond motifs is 1. The minimum atomic E-state index is -1.02. The van der Waals surface area contributed by atoms with Gasteiger partial charge in [-0.3, -0.25) is 4.90 Å². The first-order valence-electron chi connectivity index (χ1n) is 6.13. The summed E-state index contributed by atoms with van der Waals surface area (Å²) in [5, 5.41) is 19.9. The molecule has 5 heteroatoms. The second-order valence-corrected chi connectivity index (χ2v) is 5.15. The van der Waals surface area contributed by atoms with Crippen LogP contribution >= 0.6 is 11.6 Å². The third-order valence-corrected chi connectivity index (χ3v) is 3.77. The third-order valence-electron chi connectivity index (χ3n) is 3.53. The van der Waals surface area contributed by atoms with Crippen molar-refractivity contribution in [1.82, 2.24) is 4.90 Å². The van der Waals surface area contributed by atoms with Crippen LogP contribution in [0.4, 0.5) is 4.79 Å². The molecule has 1 atom stereocenters. The monoisotopic (exact) mass is 289 g/mol. The molecule has 1 unspecified atom stereocenters. The van der Waals surface area contributed by atoms with Crippen molar-refractivity contribution < 1.29 is 15.0 Å². The SMILES string of the molecule is O=C(O)N1Cc2ccccc2C1c1cc(Cl)ccc1O. The van der Waals surface area contributed by atoms with Crippen molar-refractivity contribution in [2.45, 2.75) is 12.6 Å². The highest BCUT2D eigenvalue weighted by Crippen LogP contribution is 2.42. The number of carbonyl (C=O) groups is 1. The van der Waals surface area contributed by atoms with Gasteiger partial charge in [-0.2, -0.15) is 0 Å². The van der Waals surface area contributed by atoms with Crippen molar-refractivity contribution in [1.29, 1.82) is 0 Å². The molecular weight excluding hydrogens is 278 g/mol. The summed E-state index contributed by atoms with van der Waals surface area (Å²) < 4.78 is 0. The van der Waals surface area contributed by atoms with Crippen LogP contribution in [0.3, 0.4) is 0 Å². The lowest BCUT2D eigenvalue weighted by molar-refractivity contribution is 0.136. The normalized spacial score (nSPS) is 17.1. The van der Waals surface area contributed by atoms with E-state index in [-0.39, 0.29) is 5.75 Å². The second-order valence-electron chi connectivity index (χ2n) is 4.71. The summed E-state index contributed by atoms with van der Waals surface area (Å²) in [6.07, 6.45) is -1.02. The van der Waals surface area contributed by atoms with Gasteiger partial charge in [0.05, 0.1) is 12.6 Å². The van der Waals surface area contributed by atoms with Gasteiger partial charge in [-0.05, 0) is 29.3 Å². The molecule has 0 fully saturated rings.